The number of carbonyl (C=O) groups excluding carboxylic acids is 1. The SMILES string of the molecule is C=C1N(CCCN(C)CCO)C(=O)[C@]2(C)Cc3c([nH]c4ccc(Cl)cc34)[C@@H](c3cccc(O)c3)N12. The molecule has 0 spiro atoms. The van der Waals surface area contributed by atoms with Crippen LogP contribution in [0.2, 0.25) is 5.02 Å². The number of aliphatic hydroxyl groups excluding tert-OH is 1. The molecule has 3 aromatic rings. The predicted octanol–water partition coefficient (Wildman–Crippen LogP) is 3.86. The molecule has 184 valence electrons. The molecule has 0 bridgehead atoms. The lowest BCUT2D eigenvalue weighted by atomic mass is 9.81. The largest absolute Gasteiger partial charge is 0.508 e. The van der Waals surface area contributed by atoms with Crippen LogP contribution in [0, 0.1) is 0 Å². The van der Waals surface area contributed by atoms with Crippen LogP contribution in [0.3, 0.4) is 0 Å². The molecule has 0 unspecified atom stereocenters. The Morgan fingerprint density at radius 2 is 2.06 bits per heavy atom. The van der Waals surface area contributed by atoms with Gasteiger partial charge in [0.2, 0.25) is 0 Å². The van der Waals surface area contributed by atoms with Gasteiger partial charge in [0.25, 0.3) is 5.91 Å². The van der Waals surface area contributed by atoms with Crippen LogP contribution in [0.5, 0.6) is 5.75 Å². The van der Waals surface area contributed by atoms with E-state index in [1.165, 1.54) is 0 Å². The molecule has 0 radical (unpaired) electrons. The highest BCUT2D eigenvalue weighted by Crippen LogP contribution is 2.51. The number of halogens is 1. The van der Waals surface area contributed by atoms with Crippen molar-refractivity contribution in [3.05, 3.63) is 76.7 Å². The Balaban J connectivity index is 1.58. The molecule has 1 amide bonds. The minimum Gasteiger partial charge on any atom is -0.508 e. The molecule has 7 nitrogen and oxygen atoms in total. The second-order valence-corrected chi connectivity index (χ2v) is 10.2. The van der Waals surface area contributed by atoms with E-state index in [0.29, 0.717) is 30.4 Å². The van der Waals surface area contributed by atoms with E-state index in [9.17, 15) is 9.90 Å². The molecular weight excluding hydrogens is 464 g/mol. The van der Waals surface area contributed by atoms with Gasteiger partial charge in [-0.3, -0.25) is 9.69 Å². The van der Waals surface area contributed by atoms with Gasteiger partial charge in [-0.25, -0.2) is 0 Å². The van der Waals surface area contributed by atoms with Crippen molar-refractivity contribution in [3.63, 3.8) is 0 Å². The van der Waals surface area contributed by atoms with Crippen LogP contribution in [0.15, 0.2) is 54.9 Å². The van der Waals surface area contributed by atoms with Crippen LogP contribution >= 0.6 is 11.6 Å². The van der Waals surface area contributed by atoms with Gasteiger partial charge < -0.3 is 25.0 Å². The number of phenols is 1. The number of aromatic nitrogens is 1. The number of fused-ring (bicyclic) bond motifs is 4. The van der Waals surface area contributed by atoms with E-state index in [1.807, 2.05) is 44.3 Å². The average Bonchev–Trinajstić information content (AvgIpc) is 3.25. The molecule has 1 saturated heterocycles. The molecule has 3 heterocycles. The van der Waals surface area contributed by atoms with Crippen molar-refractivity contribution in [2.75, 3.05) is 33.3 Å². The molecule has 1 fully saturated rings. The molecule has 1 aromatic heterocycles. The fourth-order valence-electron chi connectivity index (χ4n) is 5.68. The first kappa shape index (κ1) is 23.7. The molecular formula is C27H31ClN4O3. The standard InChI is InChI=1S/C27H31ClN4O3/c1-17-31(11-5-10-30(3)12-13-33)26(35)27(2)16-22-21-15-19(28)8-9-23(21)29-24(22)25(32(17)27)18-6-4-7-20(34)14-18/h4,6-9,14-15,25,29,33-34H,1,5,10-13,16H2,2-3H3/t25-,27+/m1/s1. The second kappa shape index (κ2) is 8.90. The summed E-state index contributed by atoms with van der Waals surface area (Å²) >= 11 is 6.35. The number of hydrogen-bond donors (Lipinski definition) is 3. The van der Waals surface area contributed by atoms with Crippen molar-refractivity contribution >= 4 is 28.4 Å². The minimum absolute atomic E-state index is 0.0273. The fraction of sp³-hybridized carbons (Fsp3) is 0.370. The smallest absolute Gasteiger partial charge is 0.254 e. The van der Waals surface area contributed by atoms with Crippen molar-refractivity contribution in [1.82, 2.24) is 19.7 Å². The summed E-state index contributed by atoms with van der Waals surface area (Å²) in [5.74, 6) is 0.868. The third kappa shape index (κ3) is 3.88. The Labute approximate surface area is 210 Å². The Hall–Kier alpha value is -3.00. The van der Waals surface area contributed by atoms with E-state index < -0.39 is 5.54 Å². The summed E-state index contributed by atoms with van der Waals surface area (Å²) in [6, 6.07) is 12.7. The summed E-state index contributed by atoms with van der Waals surface area (Å²) in [6.45, 7) is 8.38. The molecule has 8 heteroatoms. The van der Waals surface area contributed by atoms with Crippen molar-refractivity contribution in [2.24, 2.45) is 0 Å². The van der Waals surface area contributed by atoms with Gasteiger partial charge in [0.05, 0.1) is 12.6 Å². The van der Waals surface area contributed by atoms with Gasteiger partial charge in [0, 0.05) is 41.1 Å². The molecule has 35 heavy (non-hydrogen) atoms. The van der Waals surface area contributed by atoms with Gasteiger partial charge in [-0.1, -0.05) is 30.3 Å². The number of H-pyrrole nitrogens is 1. The maximum atomic E-state index is 13.9. The summed E-state index contributed by atoms with van der Waals surface area (Å²) in [6.07, 6.45) is 1.29. The number of aromatic hydroxyl groups is 1. The number of carbonyl (C=O) groups is 1. The third-order valence-corrected chi connectivity index (χ3v) is 7.61. The van der Waals surface area contributed by atoms with Gasteiger partial charge in [0.15, 0.2) is 0 Å². The highest BCUT2D eigenvalue weighted by molar-refractivity contribution is 6.31. The first-order chi connectivity index (χ1) is 16.7. The summed E-state index contributed by atoms with van der Waals surface area (Å²) in [5.41, 5.74) is 3.09. The monoisotopic (exact) mass is 494 g/mol. The first-order valence-electron chi connectivity index (χ1n) is 11.9. The van der Waals surface area contributed by atoms with Gasteiger partial charge in [0.1, 0.15) is 17.1 Å². The Bertz CT molecular complexity index is 1300. The molecule has 5 rings (SSSR count). The highest BCUT2D eigenvalue weighted by atomic mass is 35.5. The van der Waals surface area contributed by atoms with Gasteiger partial charge >= 0.3 is 0 Å². The van der Waals surface area contributed by atoms with Crippen LogP contribution in [0.25, 0.3) is 10.9 Å². The van der Waals surface area contributed by atoms with E-state index in [0.717, 1.165) is 40.7 Å². The average molecular weight is 495 g/mol. The Morgan fingerprint density at radius 1 is 1.26 bits per heavy atom. The lowest BCUT2D eigenvalue weighted by Gasteiger charge is -2.44. The van der Waals surface area contributed by atoms with Gasteiger partial charge in [-0.2, -0.15) is 0 Å². The number of amides is 1. The molecule has 0 saturated carbocycles. The number of benzene rings is 2. The van der Waals surface area contributed by atoms with Crippen molar-refractivity contribution in [3.8, 4) is 5.75 Å². The Kier molecular flexibility index (Phi) is 6.03. The summed E-state index contributed by atoms with van der Waals surface area (Å²) in [7, 11) is 1.96. The topological polar surface area (TPSA) is 83.0 Å². The van der Waals surface area contributed by atoms with E-state index in [4.69, 9.17) is 16.7 Å². The fourth-order valence-corrected chi connectivity index (χ4v) is 5.85. The predicted molar refractivity (Wildman–Crippen MR) is 137 cm³/mol. The number of aliphatic hydroxyl groups is 1. The Morgan fingerprint density at radius 3 is 2.80 bits per heavy atom. The van der Waals surface area contributed by atoms with Crippen LogP contribution < -0.4 is 0 Å². The molecule has 3 N–H and O–H groups in total. The van der Waals surface area contributed by atoms with Gasteiger partial charge in [-0.05, 0) is 68.4 Å². The summed E-state index contributed by atoms with van der Waals surface area (Å²) < 4.78 is 0. The number of nitrogens with zero attached hydrogens (tertiary/aromatic N) is 3. The lowest BCUT2D eigenvalue weighted by molar-refractivity contribution is -0.133. The number of rotatable bonds is 7. The zero-order valence-electron chi connectivity index (χ0n) is 20.1. The molecule has 0 aliphatic carbocycles. The molecule has 2 aliphatic rings. The third-order valence-electron chi connectivity index (χ3n) is 7.37. The van der Waals surface area contributed by atoms with E-state index in [1.54, 1.807) is 17.0 Å². The van der Waals surface area contributed by atoms with E-state index in [2.05, 4.69) is 21.4 Å². The van der Waals surface area contributed by atoms with Crippen molar-refractivity contribution < 1.29 is 15.0 Å². The second-order valence-electron chi connectivity index (χ2n) is 9.78. The van der Waals surface area contributed by atoms with E-state index >= 15 is 0 Å². The van der Waals surface area contributed by atoms with Crippen LogP contribution in [0.4, 0.5) is 0 Å². The number of hydrogen-bond acceptors (Lipinski definition) is 5. The van der Waals surface area contributed by atoms with Crippen molar-refractivity contribution in [1.29, 1.82) is 0 Å². The number of likely N-dealkylation sites (N-methyl/N-ethyl adjacent to an activating group) is 1. The summed E-state index contributed by atoms with van der Waals surface area (Å²) in [4.78, 5) is 23.5. The quantitative estimate of drug-likeness (QED) is 0.464. The zero-order chi connectivity index (χ0) is 24.9. The first-order valence-corrected chi connectivity index (χ1v) is 12.3. The molecule has 2 atom stereocenters. The van der Waals surface area contributed by atoms with Crippen LogP contribution in [-0.4, -0.2) is 74.6 Å². The van der Waals surface area contributed by atoms with Crippen molar-refractivity contribution in [2.45, 2.75) is 31.3 Å². The van der Waals surface area contributed by atoms with E-state index in [-0.39, 0.29) is 24.3 Å². The number of nitrogens with one attached hydrogen (secondary N) is 1. The maximum Gasteiger partial charge on any atom is 0.254 e. The van der Waals surface area contributed by atoms with Crippen LogP contribution in [0.1, 0.15) is 36.2 Å². The lowest BCUT2D eigenvalue weighted by Crippen LogP contribution is -2.52. The number of aromatic amines is 1. The molecule has 2 aromatic carbocycles. The highest BCUT2D eigenvalue weighted by Gasteiger charge is 2.57. The molecule has 2 aliphatic heterocycles. The van der Waals surface area contributed by atoms with Gasteiger partial charge in [-0.15, -0.1) is 0 Å². The summed E-state index contributed by atoms with van der Waals surface area (Å²) in [5, 5.41) is 21.1. The van der Waals surface area contributed by atoms with Crippen LogP contribution in [-0.2, 0) is 11.2 Å². The number of phenolic OH excluding ortho intramolecular Hbond substituents is 1. The minimum atomic E-state index is -0.825. The normalized spacial score (nSPS) is 21.8. The zero-order valence-corrected chi connectivity index (χ0v) is 20.8. The maximum absolute atomic E-state index is 13.9.